The molecule has 0 spiro atoms. The first-order valence-corrected chi connectivity index (χ1v) is 14.2. The molecule has 1 unspecified atom stereocenters. The van der Waals surface area contributed by atoms with Gasteiger partial charge in [-0.05, 0) is 40.8 Å². The fourth-order valence-corrected chi connectivity index (χ4v) is 5.89. The van der Waals surface area contributed by atoms with Crippen LogP contribution < -0.4 is 5.32 Å². The van der Waals surface area contributed by atoms with Gasteiger partial charge < -0.3 is 20.1 Å². The van der Waals surface area contributed by atoms with E-state index in [1.165, 1.54) is 21.9 Å². The molecule has 3 aromatic rings. The number of amides is 3. The lowest BCUT2D eigenvalue weighted by atomic mass is 9.81. The van der Waals surface area contributed by atoms with E-state index in [0.717, 1.165) is 17.7 Å². The van der Waals surface area contributed by atoms with Crippen LogP contribution in [0, 0.1) is 0 Å². The highest BCUT2D eigenvalue weighted by Crippen LogP contribution is 2.46. The third-order valence-electron chi connectivity index (χ3n) is 8.03. The number of alkyl halides is 3. The molecule has 3 amide bonds. The number of halogens is 3. The predicted molar refractivity (Wildman–Crippen MR) is 156 cm³/mol. The Morgan fingerprint density at radius 3 is 2.42 bits per heavy atom. The fraction of sp³-hybridized carbons (Fsp3) is 0.273. The number of carboxylic acid groups (broad SMARTS) is 1. The van der Waals surface area contributed by atoms with Crippen LogP contribution in [-0.4, -0.2) is 57.5 Å². The number of benzene rings is 3. The van der Waals surface area contributed by atoms with Crippen LogP contribution in [0.4, 0.5) is 18.0 Å². The van der Waals surface area contributed by atoms with Crippen molar-refractivity contribution in [3.05, 3.63) is 113 Å². The zero-order valence-corrected chi connectivity index (χ0v) is 23.9. The van der Waals surface area contributed by atoms with E-state index < -0.39 is 66.2 Å². The molecule has 2 fully saturated rings. The number of nitrogens with zero attached hydrogens (tertiary/aromatic N) is 2. The molecule has 5 rings (SSSR count). The van der Waals surface area contributed by atoms with Crippen LogP contribution in [0.5, 0.6) is 0 Å². The van der Waals surface area contributed by atoms with Crippen LogP contribution in [0.1, 0.15) is 52.7 Å². The zero-order valence-electron chi connectivity index (χ0n) is 23.9. The summed E-state index contributed by atoms with van der Waals surface area (Å²) in [6.07, 6.45) is -4.46. The van der Waals surface area contributed by atoms with Crippen molar-refractivity contribution in [2.75, 3.05) is 6.61 Å². The molecule has 234 valence electrons. The van der Waals surface area contributed by atoms with Crippen LogP contribution in [-0.2, 0) is 31.8 Å². The average Bonchev–Trinajstić information content (AvgIpc) is 3.40. The number of hydrogen-bond acceptors (Lipinski definition) is 5. The second-order valence-corrected chi connectivity index (χ2v) is 10.7. The smallest absolute Gasteiger partial charge is 0.416 e. The van der Waals surface area contributed by atoms with Crippen LogP contribution in [0.25, 0.3) is 6.08 Å². The van der Waals surface area contributed by atoms with Crippen molar-refractivity contribution in [2.45, 2.75) is 49.7 Å². The Kier molecular flexibility index (Phi) is 8.94. The molecule has 4 atom stereocenters. The standard InChI is InChI=1S/C33H30F3N3O6/c1-2-21-10-6-7-14-24(21)28-29(39-26(19-45-32(39)44)22-11-4-3-5-12-22)31(43)38(28)25(15-16-27(40)41)30(42)37-18-20-9-8-13-23(17-20)33(34,35)36/h2-14,17,25-26,28-29H,1,15-16,18-19H2,(H,37,42)(H,40,41)/t25?,26-,28-,29+/m1/s1. The minimum atomic E-state index is -4.58. The number of cyclic esters (lactones) is 1. The van der Waals surface area contributed by atoms with E-state index in [4.69, 9.17) is 4.74 Å². The summed E-state index contributed by atoms with van der Waals surface area (Å²) >= 11 is 0. The molecule has 0 radical (unpaired) electrons. The molecule has 2 N–H and O–H groups in total. The van der Waals surface area contributed by atoms with Crippen molar-refractivity contribution in [2.24, 2.45) is 0 Å². The van der Waals surface area contributed by atoms with Gasteiger partial charge in [-0.25, -0.2) is 4.79 Å². The number of β-lactam (4-membered cyclic amide) rings is 1. The first-order chi connectivity index (χ1) is 21.5. The van der Waals surface area contributed by atoms with Gasteiger partial charge in [0.05, 0.1) is 17.6 Å². The molecule has 3 aromatic carbocycles. The Bertz CT molecular complexity index is 1610. The topological polar surface area (TPSA) is 116 Å². The van der Waals surface area contributed by atoms with E-state index in [1.54, 1.807) is 42.5 Å². The van der Waals surface area contributed by atoms with Crippen molar-refractivity contribution in [3.8, 4) is 0 Å². The Hall–Kier alpha value is -5.13. The molecule has 2 heterocycles. The minimum Gasteiger partial charge on any atom is -0.481 e. The Labute approximate surface area is 256 Å². The summed E-state index contributed by atoms with van der Waals surface area (Å²) in [6, 6.07) is 16.6. The van der Waals surface area contributed by atoms with E-state index in [9.17, 15) is 37.5 Å². The van der Waals surface area contributed by atoms with E-state index in [0.29, 0.717) is 11.1 Å². The monoisotopic (exact) mass is 621 g/mol. The van der Waals surface area contributed by atoms with Crippen molar-refractivity contribution in [1.29, 1.82) is 0 Å². The molecule has 12 heteroatoms. The summed E-state index contributed by atoms with van der Waals surface area (Å²) in [5, 5.41) is 12.0. The van der Waals surface area contributed by atoms with Gasteiger partial charge in [0.15, 0.2) is 0 Å². The van der Waals surface area contributed by atoms with Crippen molar-refractivity contribution >= 4 is 30.0 Å². The lowest BCUT2D eigenvalue weighted by Gasteiger charge is -2.53. The number of carboxylic acids is 1. The second kappa shape index (κ2) is 12.8. The highest BCUT2D eigenvalue weighted by molar-refractivity contribution is 5.98. The van der Waals surface area contributed by atoms with Gasteiger partial charge in [-0.1, -0.05) is 79.4 Å². The predicted octanol–water partition coefficient (Wildman–Crippen LogP) is 5.34. The van der Waals surface area contributed by atoms with Crippen LogP contribution in [0.3, 0.4) is 0 Å². The maximum atomic E-state index is 14.1. The largest absolute Gasteiger partial charge is 0.481 e. The lowest BCUT2D eigenvalue weighted by molar-refractivity contribution is -0.168. The van der Waals surface area contributed by atoms with Gasteiger partial charge >= 0.3 is 18.2 Å². The molecule has 2 saturated heterocycles. The van der Waals surface area contributed by atoms with Gasteiger partial charge in [-0.15, -0.1) is 0 Å². The van der Waals surface area contributed by atoms with Gasteiger partial charge in [0, 0.05) is 13.0 Å². The number of carbonyl (C=O) groups excluding carboxylic acids is 3. The third-order valence-corrected chi connectivity index (χ3v) is 8.03. The normalized spacial score (nSPS) is 20.3. The maximum absolute atomic E-state index is 14.1. The van der Waals surface area contributed by atoms with E-state index >= 15 is 0 Å². The van der Waals surface area contributed by atoms with E-state index in [1.807, 2.05) is 18.2 Å². The Balaban J connectivity index is 1.50. The molecular formula is C33H30F3N3O6. The average molecular weight is 622 g/mol. The Morgan fingerprint density at radius 2 is 1.73 bits per heavy atom. The first-order valence-electron chi connectivity index (χ1n) is 14.2. The number of hydrogen-bond donors (Lipinski definition) is 2. The van der Waals surface area contributed by atoms with E-state index in [-0.39, 0.29) is 25.1 Å². The third kappa shape index (κ3) is 6.40. The number of nitrogens with one attached hydrogen (secondary N) is 1. The molecular weight excluding hydrogens is 591 g/mol. The highest BCUT2D eigenvalue weighted by Gasteiger charge is 2.59. The Morgan fingerprint density at radius 1 is 1.02 bits per heavy atom. The van der Waals surface area contributed by atoms with Gasteiger partial charge in [0.25, 0.3) is 0 Å². The van der Waals surface area contributed by atoms with Crippen molar-refractivity contribution in [3.63, 3.8) is 0 Å². The molecule has 2 aliphatic heterocycles. The fourth-order valence-electron chi connectivity index (χ4n) is 5.89. The maximum Gasteiger partial charge on any atom is 0.416 e. The van der Waals surface area contributed by atoms with Crippen molar-refractivity contribution < 1.29 is 42.2 Å². The summed E-state index contributed by atoms with van der Waals surface area (Å²) < 4.78 is 45.1. The number of aliphatic carboxylic acids is 1. The lowest BCUT2D eigenvalue weighted by Crippen LogP contribution is -2.70. The first kappa shape index (κ1) is 31.3. The van der Waals surface area contributed by atoms with Gasteiger partial charge in [0.1, 0.15) is 18.7 Å². The second-order valence-electron chi connectivity index (χ2n) is 10.7. The van der Waals surface area contributed by atoms with Gasteiger partial charge in [-0.3, -0.25) is 19.3 Å². The molecule has 0 saturated carbocycles. The summed E-state index contributed by atoms with van der Waals surface area (Å²) in [5.41, 5.74) is 1.24. The van der Waals surface area contributed by atoms with E-state index in [2.05, 4.69) is 11.9 Å². The number of likely N-dealkylation sites (tertiary alicyclic amines) is 1. The summed E-state index contributed by atoms with van der Waals surface area (Å²) in [5.74, 6) is -2.54. The molecule has 2 aliphatic rings. The molecule has 0 aromatic heterocycles. The number of carbonyl (C=O) groups is 4. The summed E-state index contributed by atoms with van der Waals surface area (Å²) in [4.78, 5) is 55.1. The highest BCUT2D eigenvalue weighted by atomic mass is 19.4. The zero-order chi connectivity index (χ0) is 32.3. The van der Waals surface area contributed by atoms with Crippen LogP contribution in [0.15, 0.2) is 85.4 Å². The quantitative estimate of drug-likeness (QED) is 0.279. The SMILES string of the molecule is C=Cc1ccccc1[C@@H]1[C@H](N2C(=O)OC[C@@H]2c2ccccc2)C(=O)N1C(CCC(=O)O)C(=O)NCc1cccc(C(F)(F)F)c1. The van der Waals surface area contributed by atoms with Gasteiger partial charge in [-0.2, -0.15) is 13.2 Å². The molecule has 0 bridgehead atoms. The minimum absolute atomic E-state index is 0.00235. The van der Waals surface area contributed by atoms with Gasteiger partial charge in [0.2, 0.25) is 11.8 Å². The van der Waals surface area contributed by atoms with Crippen LogP contribution >= 0.6 is 0 Å². The molecule has 9 nitrogen and oxygen atoms in total. The summed E-state index contributed by atoms with van der Waals surface area (Å²) in [7, 11) is 0. The summed E-state index contributed by atoms with van der Waals surface area (Å²) in [6.45, 7) is 3.57. The molecule has 45 heavy (non-hydrogen) atoms. The number of rotatable bonds is 11. The number of ether oxygens (including phenoxy) is 1. The molecule has 0 aliphatic carbocycles. The van der Waals surface area contributed by atoms with Crippen LogP contribution in [0.2, 0.25) is 0 Å². The van der Waals surface area contributed by atoms with Crippen molar-refractivity contribution in [1.82, 2.24) is 15.1 Å².